The molecule has 1 aliphatic carbocycles. The van der Waals surface area contributed by atoms with Crippen LogP contribution in [-0.4, -0.2) is 4.57 Å². The van der Waals surface area contributed by atoms with Crippen molar-refractivity contribution in [2.75, 3.05) is 0 Å². The maximum absolute atomic E-state index is 2.55. The van der Waals surface area contributed by atoms with Crippen LogP contribution in [0.4, 0.5) is 0 Å². The van der Waals surface area contributed by atoms with Gasteiger partial charge in [0.05, 0.1) is 16.4 Å². The fourth-order valence-electron chi connectivity index (χ4n) is 8.85. The van der Waals surface area contributed by atoms with E-state index in [1.165, 1.54) is 92.6 Å². The highest BCUT2D eigenvalue weighted by Gasteiger charge is 2.50. The van der Waals surface area contributed by atoms with E-state index in [0.29, 0.717) is 0 Å². The molecule has 0 radical (unpaired) electrons. The normalized spacial score (nSPS) is 13.8. The van der Waals surface area contributed by atoms with Gasteiger partial charge in [-0.25, -0.2) is 0 Å². The molecule has 0 amide bonds. The number of benzene rings is 8. The van der Waals surface area contributed by atoms with Gasteiger partial charge in [-0.3, -0.25) is 0 Å². The van der Waals surface area contributed by atoms with Crippen LogP contribution in [0.2, 0.25) is 0 Å². The summed E-state index contributed by atoms with van der Waals surface area (Å²) in [6.45, 7) is 0. The second kappa shape index (κ2) is 10.1. The molecule has 0 saturated heterocycles. The lowest BCUT2D eigenvalue weighted by Gasteiger charge is -2.39. The minimum atomic E-state index is -0.408. The Morgan fingerprint density at radius 3 is 1.82 bits per heavy atom. The molecule has 0 fully saturated rings. The molecule has 0 N–H and O–H groups in total. The van der Waals surface area contributed by atoms with Crippen LogP contribution in [0, 0.1) is 0 Å². The van der Waals surface area contributed by atoms with Gasteiger partial charge in [0.25, 0.3) is 0 Å². The van der Waals surface area contributed by atoms with E-state index in [1.54, 1.807) is 0 Å². The molecule has 0 atom stereocenters. The van der Waals surface area contributed by atoms with Crippen molar-refractivity contribution in [2.45, 2.75) is 15.2 Å². The average molecular weight is 640 g/mol. The lowest BCUT2D eigenvalue weighted by molar-refractivity contribution is 0.724. The van der Waals surface area contributed by atoms with Crippen LogP contribution in [0.1, 0.15) is 22.3 Å². The maximum atomic E-state index is 2.55. The lowest BCUT2D eigenvalue weighted by atomic mass is 9.67. The van der Waals surface area contributed by atoms with Crippen molar-refractivity contribution in [1.82, 2.24) is 4.57 Å². The minimum absolute atomic E-state index is 0.408. The predicted molar refractivity (Wildman–Crippen MR) is 205 cm³/mol. The highest BCUT2D eigenvalue weighted by atomic mass is 32.2. The number of hydrogen-bond donors (Lipinski definition) is 0. The number of fused-ring (bicyclic) bond motifs is 14. The van der Waals surface area contributed by atoms with Gasteiger partial charge in [-0.1, -0.05) is 151 Å². The van der Waals surface area contributed by atoms with E-state index < -0.39 is 5.41 Å². The number of aromatic nitrogens is 1. The second-order valence-electron chi connectivity index (χ2n) is 13.2. The van der Waals surface area contributed by atoms with Crippen LogP contribution < -0.4 is 0 Å². The molecule has 1 aromatic heterocycles. The topological polar surface area (TPSA) is 4.93 Å². The molecule has 1 aliphatic heterocycles. The van der Waals surface area contributed by atoms with Crippen molar-refractivity contribution in [3.8, 4) is 27.9 Å². The first-order valence-corrected chi connectivity index (χ1v) is 17.8. The summed E-state index contributed by atoms with van der Waals surface area (Å²) in [7, 11) is 0. The summed E-state index contributed by atoms with van der Waals surface area (Å²) in [6.07, 6.45) is 0. The first kappa shape index (κ1) is 27.2. The van der Waals surface area contributed by atoms with Gasteiger partial charge in [0.15, 0.2) is 0 Å². The predicted octanol–water partition coefficient (Wildman–Crippen LogP) is 12.4. The largest absolute Gasteiger partial charge is 0.309 e. The van der Waals surface area contributed by atoms with Gasteiger partial charge < -0.3 is 4.57 Å². The van der Waals surface area contributed by atoms with Gasteiger partial charge in [0.1, 0.15) is 0 Å². The number of hydrogen-bond acceptors (Lipinski definition) is 1. The Hall–Kier alpha value is -5.83. The zero-order chi connectivity index (χ0) is 32.1. The zero-order valence-electron chi connectivity index (χ0n) is 26.6. The van der Waals surface area contributed by atoms with Crippen molar-refractivity contribution in [3.63, 3.8) is 0 Å². The van der Waals surface area contributed by atoms with E-state index in [1.807, 2.05) is 11.8 Å². The second-order valence-corrected chi connectivity index (χ2v) is 14.3. The highest BCUT2D eigenvalue weighted by molar-refractivity contribution is 7.99. The van der Waals surface area contributed by atoms with Crippen molar-refractivity contribution < 1.29 is 0 Å². The molecule has 9 aromatic rings. The van der Waals surface area contributed by atoms with Crippen molar-refractivity contribution in [2.24, 2.45) is 0 Å². The van der Waals surface area contributed by atoms with Crippen molar-refractivity contribution in [1.29, 1.82) is 0 Å². The van der Waals surface area contributed by atoms with Crippen LogP contribution in [0.5, 0.6) is 0 Å². The van der Waals surface area contributed by atoms with Crippen molar-refractivity contribution >= 4 is 44.3 Å². The molecule has 11 rings (SSSR count). The average Bonchev–Trinajstić information content (AvgIpc) is 3.65. The summed E-state index contributed by atoms with van der Waals surface area (Å²) >= 11 is 1.91. The Bertz CT molecular complexity index is 2740. The third kappa shape index (κ3) is 3.62. The minimum Gasteiger partial charge on any atom is -0.309 e. The van der Waals surface area contributed by atoms with Gasteiger partial charge in [-0.05, 0) is 91.7 Å². The third-order valence-corrected chi connectivity index (χ3v) is 12.0. The zero-order valence-corrected chi connectivity index (χ0v) is 27.4. The summed E-state index contributed by atoms with van der Waals surface area (Å²) < 4.78 is 2.48. The van der Waals surface area contributed by atoms with E-state index in [-0.39, 0.29) is 0 Å². The molecule has 0 unspecified atom stereocenters. The molecule has 49 heavy (non-hydrogen) atoms. The maximum Gasteiger partial charge on any atom is 0.0735 e. The summed E-state index contributed by atoms with van der Waals surface area (Å²) in [5, 5.41) is 5.15. The number of nitrogens with zero attached hydrogens (tertiary/aromatic N) is 1. The SMILES string of the molecule is c1ccc(-c2ccc(-n3c4cc5c(cc4c4c6ccccc6ccc43)C3(c4ccccc4S5)c4ccccc4-c4ccccc43)cc2)cc1. The van der Waals surface area contributed by atoms with Crippen LogP contribution in [-0.2, 0) is 5.41 Å². The Labute approximate surface area is 289 Å². The van der Waals surface area contributed by atoms with E-state index in [2.05, 4.69) is 180 Å². The molecular formula is C47H29NS. The molecule has 0 bridgehead atoms. The molecule has 2 heterocycles. The molecule has 8 aromatic carbocycles. The Morgan fingerprint density at radius 2 is 1.04 bits per heavy atom. The molecule has 2 heteroatoms. The first-order valence-electron chi connectivity index (χ1n) is 16.9. The lowest BCUT2D eigenvalue weighted by Crippen LogP contribution is -2.31. The monoisotopic (exact) mass is 639 g/mol. The fourth-order valence-corrected chi connectivity index (χ4v) is 10.1. The molecule has 0 saturated carbocycles. The van der Waals surface area contributed by atoms with Crippen LogP contribution in [0.15, 0.2) is 186 Å². The van der Waals surface area contributed by atoms with Gasteiger partial charge >= 0.3 is 0 Å². The highest BCUT2D eigenvalue weighted by Crippen LogP contribution is 2.62. The van der Waals surface area contributed by atoms with Crippen LogP contribution >= 0.6 is 11.8 Å². The first-order chi connectivity index (χ1) is 24.3. The molecular weight excluding hydrogens is 611 g/mol. The summed E-state index contributed by atoms with van der Waals surface area (Å²) in [6, 6.07) is 65.4. The van der Waals surface area contributed by atoms with Crippen LogP contribution in [0.25, 0.3) is 60.5 Å². The Balaban J connectivity index is 1.27. The summed E-state index contributed by atoms with van der Waals surface area (Å²) in [4.78, 5) is 2.63. The molecule has 1 spiro atoms. The summed E-state index contributed by atoms with van der Waals surface area (Å²) in [5.41, 5.74) is 13.8. The third-order valence-electron chi connectivity index (χ3n) is 10.9. The van der Waals surface area contributed by atoms with Gasteiger partial charge in [-0.2, -0.15) is 0 Å². The molecule has 228 valence electrons. The molecule has 2 aliphatic rings. The number of rotatable bonds is 2. The fraction of sp³-hybridized carbons (Fsp3) is 0.0213. The van der Waals surface area contributed by atoms with E-state index in [4.69, 9.17) is 0 Å². The standard InChI is InChI=1S/C47H29NS/c1-2-12-30(13-3-1)31-22-25-33(26-23-31)48-42-27-24-32-14-4-5-15-34(32)46(42)37-28-41-45(29-43(37)48)49-44-21-11-10-20-40(44)47(41)38-18-8-6-16-35(38)36-17-7-9-19-39(36)47/h1-29H. The van der Waals surface area contributed by atoms with Crippen LogP contribution in [0.3, 0.4) is 0 Å². The van der Waals surface area contributed by atoms with Gasteiger partial charge in [0.2, 0.25) is 0 Å². The van der Waals surface area contributed by atoms with E-state index in [0.717, 1.165) is 0 Å². The van der Waals surface area contributed by atoms with Crippen molar-refractivity contribution in [3.05, 3.63) is 198 Å². The van der Waals surface area contributed by atoms with Gasteiger partial charge in [-0.15, -0.1) is 0 Å². The smallest absolute Gasteiger partial charge is 0.0735 e. The summed E-state index contributed by atoms with van der Waals surface area (Å²) in [5.74, 6) is 0. The van der Waals surface area contributed by atoms with Gasteiger partial charge in [0, 0.05) is 26.3 Å². The Morgan fingerprint density at radius 1 is 0.408 bits per heavy atom. The van der Waals surface area contributed by atoms with E-state index >= 15 is 0 Å². The molecule has 1 nitrogen and oxygen atoms in total. The Kier molecular flexibility index (Phi) is 5.59. The van der Waals surface area contributed by atoms with E-state index in [9.17, 15) is 0 Å². The quantitative estimate of drug-likeness (QED) is 0.182.